The molecule has 0 fully saturated rings. The lowest BCUT2D eigenvalue weighted by Gasteiger charge is -2.15. The van der Waals surface area contributed by atoms with Crippen LogP contribution in [0.4, 0.5) is 0 Å². The zero-order valence-corrected chi connectivity index (χ0v) is 10.6. The van der Waals surface area contributed by atoms with Gasteiger partial charge in [-0.1, -0.05) is 17.7 Å². The number of aromatic nitrogens is 1. The fourth-order valence-corrected chi connectivity index (χ4v) is 2.29. The Kier molecular flexibility index (Phi) is 4.92. The Morgan fingerprint density at radius 3 is 3.06 bits per heavy atom. The molecule has 0 amide bonds. The molecule has 0 saturated heterocycles. The number of nitrogens with one attached hydrogen (secondary N) is 1. The summed E-state index contributed by atoms with van der Waals surface area (Å²) >= 11 is 0. The molecular weight excluding hydrogens is 222 g/mol. The number of allylic oxidation sites excluding steroid dienone is 1. The first-order chi connectivity index (χ1) is 8.90. The minimum Gasteiger partial charge on any atom is -0.298 e. The molecule has 0 bridgehead atoms. The Balaban J connectivity index is 1.81. The smallest absolute Gasteiger partial charge is 0.122 e. The zero-order chi connectivity index (χ0) is 12.6. The van der Waals surface area contributed by atoms with Crippen LogP contribution in [0.25, 0.3) is 0 Å². The van der Waals surface area contributed by atoms with Gasteiger partial charge in [-0.05, 0) is 38.2 Å². The summed E-state index contributed by atoms with van der Waals surface area (Å²) in [4.78, 5) is 4.05. The standard InChI is InChI=1S/C15H19N3/c16-11-15(14-7-4-9-17-12-14)18-10-8-13-5-2-1-3-6-13/h4-5,7,9,12,15,18H,1-3,6,8,10H2. The minimum atomic E-state index is -0.247. The van der Waals surface area contributed by atoms with E-state index in [2.05, 4.69) is 22.4 Å². The molecule has 0 aliphatic heterocycles. The molecule has 2 rings (SSSR count). The van der Waals surface area contributed by atoms with Gasteiger partial charge in [0.1, 0.15) is 6.04 Å². The van der Waals surface area contributed by atoms with Crippen LogP contribution in [0.1, 0.15) is 43.7 Å². The molecule has 1 aliphatic rings. The summed E-state index contributed by atoms with van der Waals surface area (Å²) in [5.74, 6) is 0. The van der Waals surface area contributed by atoms with Gasteiger partial charge < -0.3 is 0 Å². The van der Waals surface area contributed by atoms with E-state index in [1.165, 1.54) is 31.3 Å². The maximum Gasteiger partial charge on any atom is 0.122 e. The van der Waals surface area contributed by atoms with Gasteiger partial charge in [-0.15, -0.1) is 0 Å². The van der Waals surface area contributed by atoms with E-state index in [1.807, 2.05) is 12.1 Å². The van der Waals surface area contributed by atoms with Crippen molar-refractivity contribution in [3.05, 3.63) is 41.7 Å². The van der Waals surface area contributed by atoms with Gasteiger partial charge in [0.15, 0.2) is 0 Å². The number of nitriles is 1. The molecule has 1 unspecified atom stereocenters. The number of pyridine rings is 1. The van der Waals surface area contributed by atoms with Crippen LogP contribution in [0.5, 0.6) is 0 Å². The molecule has 1 atom stereocenters. The minimum absolute atomic E-state index is 0.247. The monoisotopic (exact) mass is 241 g/mol. The lowest BCUT2D eigenvalue weighted by atomic mass is 9.97. The fraction of sp³-hybridized carbons (Fsp3) is 0.467. The van der Waals surface area contributed by atoms with Crippen LogP contribution in [0.3, 0.4) is 0 Å². The maximum atomic E-state index is 9.16. The van der Waals surface area contributed by atoms with Gasteiger partial charge in [-0.25, -0.2) is 0 Å². The van der Waals surface area contributed by atoms with E-state index in [-0.39, 0.29) is 6.04 Å². The van der Waals surface area contributed by atoms with Crippen molar-refractivity contribution in [2.24, 2.45) is 0 Å². The Hall–Kier alpha value is -1.66. The van der Waals surface area contributed by atoms with Crippen LogP contribution in [0.2, 0.25) is 0 Å². The zero-order valence-electron chi connectivity index (χ0n) is 10.6. The van der Waals surface area contributed by atoms with Gasteiger partial charge in [0.25, 0.3) is 0 Å². The van der Waals surface area contributed by atoms with E-state index in [4.69, 9.17) is 5.26 Å². The van der Waals surface area contributed by atoms with Crippen molar-refractivity contribution in [1.29, 1.82) is 5.26 Å². The lowest BCUT2D eigenvalue weighted by Crippen LogP contribution is -2.21. The summed E-state index contributed by atoms with van der Waals surface area (Å²) in [7, 11) is 0. The highest BCUT2D eigenvalue weighted by Gasteiger charge is 2.10. The van der Waals surface area contributed by atoms with Gasteiger partial charge in [-0.2, -0.15) is 5.26 Å². The van der Waals surface area contributed by atoms with E-state index in [0.29, 0.717) is 0 Å². The molecule has 18 heavy (non-hydrogen) atoms. The first-order valence-electron chi connectivity index (χ1n) is 6.61. The molecule has 0 spiro atoms. The molecule has 1 heterocycles. The molecule has 1 aliphatic carbocycles. The molecule has 1 aromatic heterocycles. The highest BCUT2D eigenvalue weighted by atomic mass is 14.9. The molecule has 0 saturated carbocycles. The van der Waals surface area contributed by atoms with Crippen molar-refractivity contribution in [3.8, 4) is 6.07 Å². The third kappa shape index (κ3) is 3.68. The molecule has 1 N–H and O–H groups in total. The average molecular weight is 241 g/mol. The van der Waals surface area contributed by atoms with Crippen LogP contribution < -0.4 is 5.32 Å². The maximum absolute atomic E-state index is 9.16. The molecule has 0 radical (unpaired) electrons. The van der Waals surface area contributed by atoms with Crippen molar-refractivity contribution in [2.45, 2.75) is 38.1 Å². The van der Waals surface area contributed by atoms with Crippen molar-refractivity contribution >= 4 is 0 Å². The summed E-state index contributed by atoms with van der Waals surface area (Å²) in [5.41, 5.74) is 2.48. The second-order valence-electron chi connectivity index (χ2n) is 4.66. The van der Waals surface area contributed by atoms with Gasteiger partial charge in [-0.3, -0.25) is 10.3 Å². The van der Waals surface area contributed by atoms with Gasteiger partial charge in [0.2, 0.25) is 0 Å². The second kappa shape index (κ2) is 6.93. The van der Waals surface area contributed by atoms with Crippen LogP contribution in [-0.2, 0) is 0 Å². The third-order valence-electron chi connectivity index (χ3n) is 3.33. The first-order valence-corrected chi connectivity index (χ1v) is 6.61. The SMILES string of the molecule is N#CC(NCCC1=CCCCC1)c1cccnc1. The summed E-state index contributed by atoms with van der Waals surface area (Å²) in [5, 5.41) is 12.5. The highest BCUT2D eigenvalue weighted by molar-refractivity contribution is 5.20. The number of nitrogens with zero attached hydrogens (tertiary/aromatic N) is 2. The summed E-state index contributed by atoms with van der Waals surface area (Å²) < 4.78 is 0. The Morgan fingerprint density at radius 2 is 2.39 bits per heavy atom. The van der Waals surface area contributed by atoms with Crippen LogP contribution in [-0.4, -0.2) is 11.5 Å². The van der Waals surface area contributed by atoms with Gasteiger partial charge in [0, 0.05) is 24.5 Å². The quantitative estimate of drug-likeness (QED) is 0.806. The summed E-state index contributed by atoms with van der Waals surface area (Å²) in [6, 6.07) is 5.84. The average Bonchev–Trinajstić information content (AvgIpc) is 2.46. The van der Waals surface area contributed by atoms with Crippen LogP contribution in [0.15, 0.2) is 36.2 Å². The molecule has 3 nitrogen and oxygen atoms in total. The fourth-order valence-electron chi connectivity index (χ4n) is 2.29. The second-order valence-corrected chi connectivity index (χ2v) is 4.66. The van der Waals surface area contributed by atoms with E-state index in [1.54, 1.807) is 12.4 Å². The van der Waals surface area contributed by atoms with E-state index >= 15 is 0 Å². The van der Waals surface area contributed by atoms with Crippen molar-refractivity contribution in [3.63, 3.8) is 0 Å². The largest absolute Gasteiger partial charge is 0.298 e. The topological polar surface area (TPSA) is 48.7 Å². The van der Waals surface area contributed by atoms with Crippen LogP contribution in [0, 0.1) is 11.3 Å². The highest BCUT2D eigenvalue weighted by Crippen LogP contribution is 2.20. The number of hydrogen-bond donors (Lipinski definition) is 1. The Morgan fingerprint density at radius 1 is 1.44 bits per heavy atom. The Labute approximate surface area is 109 Å². The van der Waals surface area contributed by atoms with E-state index < -0.39 is 0 Å². The van der Waals surface area contributed by atoms with Gasteiger partial charge >= 0.3 is 0 Å². The molecule has 94 valence electrons. The van der Waals surface area contributed by atoms with Gasteiger partial charge in [0.05, 0.1) is 6.07 Å². The normalized spacial score (nSPS) is 16.7. The first kappa shape index (κ1) is 12.8. The molecule has 3 heteroatoms. The van der Waals surface area contributed by atoms with E-state index in [9.17, 15) is 0 Å². The third-order valence-corrected chi connectivity index (χ3v) is 3.33. The Bertz CT molecular complexity index is 431. The molecule has 1 aromatic rings. The summed E-state index contributed by atoms with van der Waals surface area (Å²) in [6.07, 6.45) is 12.0. The summed E-state index contributed by atoms with van der Waals surface area (Å²) in [6.45, 7) is 0.860. The predicted octanol–water partition coefficient (Wildman–Crippen LogP) is 3.13. The van der Waals surface area contributed by atoms with Crippen molar-refractivity contribution in [1.82, 2.24) is 10.3 Å². The van der Waals surface area contributed by atoms with Crippen LogP contribution >= 0.6 is 0 Å². The molecular formula is C15H19N3. The number of rotatable bonds is 5. The molecule has 0 aromatic carbocycles. The van der Waals surface area contributed by atoms with Crippen molar-refractivity contribution in [2.75, 3.05) is 6.54 Å². The van der Waals surface area contributed by atoms with Crippen molar-refractivity contribution < 1.29 is 0 Å². The predicted molar refractivity (Wildman–Crippen MR) is 71.8 cm³/mol. The number of hydrogen-bond acceptors (Lipinski definition) is 3. The lowest BCUT2D eigenvalue weighted by molar-refractivity contribution is 0.601. The van der Waals surface area contributed by atoms with E-state index in [0.717, 1.165) is 18.5 Å².